The van der Waals surface area contributed by atoms with E-state index in [1.165, 1.54) is 31.3 Å². The molecule has 78 valence electrons. The average Bonchev–Trinajstić information content (AvgIpc) is 2.14. The zero-order valence-corrected chi connectivity index (χ0v) is 8.51. The van der Waals surface area contributed by atoms with E-state index in [1.54, 1.807) is 0 Å². The van der Waals surface area contributed by atoms with Gasteiger partial charge in [0.25, 0.3) is 0 Å². The number of hydrogen-bond donors (Lipinski definition) is 2. The van der Waals surface area contributed by atoms with Gasteiger partial charge in [-0.05, 0) is 38.6 Å². The van der Waals surface area contributed by atoms with E-state index in [0.717, 1.165) is 19.5 Å². The highest BCUT2D eigenvalue weighted by atomic mass is 16.2. The maximum atomic E-state index is 11.5. The highest BCUT2D eigenvalue weighted by molar-refractivity contribution is 5.82. The van der Waals surface area contributed by atoms with Crippen LogP contribution in [0.1, 0.15) is 32.1 Å². The lowest BCUT2D eigenvalue weighted by Gasteiger charge is -2.26. The molecule has 2 aliphatic rings. The molecule has 0 radical (unpaired) electrons. The largest absolute Gasteiger partial charge is 0.351 e. The lowest BCUT2D eigenvalue weighted by molar-refractivity contribution is -0.124. The van der Waals surface area contributed by atoms with E-state index in [2.05, 4.69) is 16.7 Å². The summed E-state index contributed by atoms with van der Waals surface area (Å²) in [6.45, 7) is 1.75. The number of hydrogen-bond acceptors (Lipinski definition) is 2. The Hall–Kier alpha value is -0.830. The van der Waals surface area contributed by atoms with Crippen LogP contribution in [0.3, 0.4) is 0 Å². The van der Waals surface area contributed by atoms with Gasteiger partial charge < -0.3 is 10.6 Å². The third kappa shape index (κ3) is 2.35. The van der Waals surface area contributed by atoms with Gasteiger partial charge in [-0.1, -0.05) is 11.6 Å². The smallest absolute Gasteiger partial charge is 0.237 e. The molecule has 0 aromatic rings. The molecule has 2 N–H and O–H groups in total. The molecule has 3 heteroatoms. The minimum absolute atomic E-state index is 0.0826. The second kappa shape index (κ2) is 4.60. The topological polar surface area (TPSA) is 41.1 Å². The van der Waals surface area contributed by atoms with E-state index >= 15 is 0 Å². The first kappa shape index (κ1) is 9.71. The molecule has 1 fully saturated rings. The quantitative estimate of drug-likeness (QED) is 0.657. The standard InChI is InChI=1S/C11H18N2O/c14-11(10-6-7-12-10)13-8-9-4-2-1-3-5-9/h4,10,12H,1-3,5-8H2,(H,13,14). The summed E-state index contributed by atoms with van der Waals surface area (Å²) in [5.41, 5.74) is 1.41. The van der Waals surface area contributed by atoms with E-state index in [0.29, 0.717) is 0 Å². The summed E-state index contributed by atoms with van der Waals surface area (Å²) in [5, 5.41) is 6.09. The molecule has 3 nitrogen and oxygen atoms in total. The first-order valence-electron chi connectivity index (χ1n) is 5.55. The number of amides is 1. The Morgan fingerprint density at radius 1 is 1.57 bits per heavy atom. The van der Waals surface area contributed by atoms with Crippen LogP contribution in [0, 0.1) is 0 Å². The van der Waals surface area contributed by atoms with Crippen molar-refractivity contribution in [2.24, 2.45) is 0 Å². The minimum Gasteiger partial charge on any atom is -0.351 e. The van der Waals surface area contributed by atoms with E-state index < -0.39 is 0 Å². The van der Waals surface area contributed by atoms with Crippen LogP contribution in [0.5, 0.6) is 0 Å². The molecule has 1 amide bonds. The maximum absolute atomic E-state index is 11.5. The first-order chi connectivity index (χ1) is 6.86. The van der Waals surface area contributed by atoms with Gasteiger partial charge in [0.1, 0.15) is 0 Å². The van der Waals surface area contributed by atoms with E-state index in [4.69, 9.17) is 0 Å². The number of carbonyl (C=O) groups is 1. The SMILES string of the molecule is O=C(NCC1=CCCCC1)C1CCN1. The lowest BCUT2D eigenvalue weighted by atomic mass is 9.99. The Balaban J connectivity index is 1.70. The molecule has 0 saturated carbocycles. The maximum Gasteiger partial charge on any atom is 0.237 e. The van der Waals surface area contributed by atoms with Gasteiger partial charge in [0, 0.05) is 6.54 Å². The Kier molecular flexibility index (Phi) is 3.19. The van der Waals surface area contributed by atoms with Gasteiger partial charge in [-0.3, -0.25) is 4.79 Å². The first-order valence-corrected chi connectivity index (χ1v) is 5.55. The van der Waals surface area contributed by atoms with Crippen molar-refractivity contribution in [1.82, 2.24) is 10.6 Å². The fraction of sp³-hybridized carbons (Fsp3) is 0.727. The van der Waals surface area contributed by atoms with Crippen LogP contribution in [-0.4, -0.2) is 25.0 Å². The van der Waals surface area contributed by atoms with Gasteiger partial charge in [-0.25, -0.2) is 0 Å². The molecule has 1 atom stereocenters. The molecule has 0 aromatic heterocycles. The Bertz CT molecular complexity index is 244. The van der Waals surface area contributed by atoms with Gasteiger partial charge >= 0.3 is 0 Å². The number of allylic oxidation sites excluding steroid dienone is 1. The van der Waals surface area contributed by atoms with Gasteiger partial charge in [-0.2, -0.15) is 0 Å². The van der Waals surface area contributed by atoms with Crippen LogP contribution in [-0.2, 0) is 4.79 Å². The van der Waals surface area contributed by atoms with Crippen LogP contribution in [0.4, 0.5) is 0 Å². The van der Waals surface area contributed by atoms with E-state index in [-0.39, 0.29) is 11.9 Å². The third-order valence-corrected chi connectivity index (χ3v) is 3.01. The molecule has 1 aliphatic heterocycles. The second-order valence-corrected chi connectivity index (χ2v) is 4.12. The van der Waals surface area contributed by atoms with E-state index in [9.17, 15) is 4.79 Å². The molecule has 1 aliphatic carbocycles. The van der Waals surface area contributed by atoms with Crippen LogP contribution in [0.25, 0.3) is 0 Å². The molecule has 0 spiro atoms. The van der Waals surface area contributed by atoms with Gasteiger partial charge in [0.05, 0.1) is 6.04 Å². The molecule has 1 saturated heterocycles. The molecular weight excluding hydrogens is 176 g/mol. The summed E-state index contributed by atoms with van der Waals surface area (Å²) < 4.78 is 0. The van der Waals surface area contributed by atoms with Crippen molar-refractivity contribution < 1.29 is 4.79 Å². The fourth-order valence-electron chi connectivity index (χ4n) is 1.90. The number of rotatable bonds is 3. The van der Waals surface area contributed by atoms with Gasteiger partial charge in [0.15, 0.2) is 0 Å². The van der Waals surface area contributed by atoms with Crippen molar-refractivity contribution >= 4 is 5.91 Å². The zero-order valence-electron chi connectivity index (χ0n) is 8.51. The fourth-order valence-corrected chi connectivity index (χ4v) is 1.90. The highest BCUT2D eigenvalue weighted by Crippen LogP contribution is 2.16. The summed E-state index contributed by atoms with van der Waals surface area (Å²) in [7, 11) is 0. The second-order valence-electron chi connectivity index (χ2n) is 4.12. The van der Waals surface area contributed by atoms with Crippen LogP contribution < -0.4 is 10.6 Å². The molecule has 14 heavy (non-hydrogen) atoms. The minimum atomic E-state index is 0.0826. The molecule has 0 bridgehead atoms. The Labute approximate surface area is 84.9 Å². The number of carbonyl (C=O) groups excluding carboxylic acids is 1. The number of nitrogens with one attached hydrogen (secondary N) is 2. The summed E-state index contributed by atoms with van der Waals surface area (Å²) in [4.78, 5) is 11.5. The predicted octanol–water partition coefficient (Wildman–Crippen LogP) is 0.965. The Morgan fingerprint density at radius 2 is 2.43 bits per heavy atom. The van der Waals surface area contributed by atoms with Crippen molar-refractivity contribution in [3.63, 3.8) is 0 Å². The summed E-state index contributed by atoms with van der Waals surface area (Å²) >= 11 is 0. The molecule has 0 aromatic carbocycles. The average molecular weight is 194 g/mol. The molecule has 1 unspecified atom stereocenters. The van der Waals surface area contributed by atoms with Crippen LogP contribution in [0.15, 0.2) is 11.6 Å². The monoisotopic (exact) mass is 194 g/mol. The summed E-state index contributed by atoms with van der Waals surface area (Å²) in [6, 6.07) is 0.0826. The van der Waals surface area contributed by atoms with Gasteiger partial charge in [0.2, 0.25) is 5.91 Å². The molecular formula is C11H18N2O. The van der Waals surface area contributed by atoms with E-state index in [1.807, 2.05) is 0 Å². The third-order valence-electron chi connectivity index (χ3n) is 3.01. The van der Waals surface area contributed by atoms with Gasteiger partial charge in [-0.15, -0.1) is 0 Å². The normalized spacial score (nSPS) is 26.3. The highest BCUT2D eigenvalue weighted by Gasteiger charge is 2.23. The lowest BCUT2D eigenvalue weighted by Crippen LogP contribution is -2.53. The van der Waals surface area contributed by atoms with Crippen molar-refractivity contribution in [3.8, 4) is 0 Å². The summed E-state index contributed by atoms with van der Waals surface area (Å²) in [5.74, 6) is 0.169. The van der Waals surface area contributed by atoms with Crippen molar-refractivity contribution in [1.29, 1.82) is 0 Å². The van der Waals surface area contributed by atoms with Crippen molar-refractivity contribution in [2.45, 2.75) is 38.1 Å². The van der Waals surface area contributed by atoms with Crippen molar-refractivity contribution in [3.05, 3.63) is 11.6 Å². The summed E-state index contributed by atoms with van der Waals surface area (Å²) in [6.07, 6.45) is 8.21. The van der Waals surface area contributed by atoms with Crippen LogP contribution in [0.2, 0.25) is 0 Å². The van der Waals surface area contributed by atoms with Crippen molar-refractivity contribution in [2.75, 3.05) is 13.1 Å². The van der Waals surface area contributed by atoms with Crippen LogP contribution >= 0.6 is 0 Å². The zero-order chi connectivity index (χ0) is 9.80. The molecule has 2 rings (SSSR count). The molecule has 1 heterocycles. The Morgan fingerprint density at radius 3 is 3.00 bits per heavy atom. The predicted molar refractivity (Wildman–Crippen MR) is 56.0 cm³/mol.